The van der Waals surface area contributed by atoms with Gasteiger partial charge in [0.1, 0.15) is 0 Å². The minimum absolute atomic E-state index is 0.0236. The molecule has 17 heavy (non-hydrogen) atoms. The zero-order valence-electron chi connectivity index (χ0n) is 9.51. The number of benzene rings is 1. The Morgan fingerprint density at radius 3 is 2.65 bits per heavy atom. The first-order chi connectivity index (χ1) is 7.91. The molecule has 0 saturated heterocycles. The molecule has 0 heterocycles. The minimum Gasteiger partial charge on any atom is -0.349 e. The van der Waals surface area contributed by atoms with Gasteiger partial charge >= 0.3 is 0 Å². The van der Waals surface area contributed by atoms with Gasteiger partial charge in [-0.15, -0.1) is 0 Å². The summed E-state index contributed by atoms with van der Waals surface area (Å²) in [5.74, 6) is -0.149. The summed E-state index contributed by atoms with van der Waals surface area (Å²) in [6, 6.07) is 5.97. The number of halogens is 1. The molecule has 2 atom stereocenters. The fraction of sp³-hybridized carbons (Fsp3) is 0.364. The normalized spacial score (nSPS) is 13.8. The molecule has 0 aliphatic rings. The number of non-ortho nitro benzene ring substituents is 1. The second kappa shape index (κ2) is 5.77. The summed E-state index contributed by atoms with van der Waals surface area (Å²) >= 11 is 3.16. The monoisotopic (exact) mass is 300 g/mol. The number of alkyl halides is 1. The Bertz CT molecular complexity index is 434. The Hall–Kier alpha value is -1.43. The van der Waals surface area contributed by atoms with Gasteiger partial charge in [-0.1, -0.05) is 28.1 Å². The number of nitro groups is 1. The van der Waals surface area contributed by atoms with E-state index in [1.165, 1.54) is 12.1 Å². The van der Waals surface area contributed by atoms with Crippen molar-refractivity contribution in [1.82, 2.24) is 5.32 Å². The first-order valence-electron chi connectivity index (χ1n) is 5.10. The molecule has 92 valence electrons. The Morgan fingerprint density at radius 2 is 2.12 bits per heavy atom. The van der Waals surface area contributed by atoms with E-state index >= 15 is 0 Å². The summed E-state index contributed by atoms with van der Waals surface area (Å²) in [5.41, 5.74) is 0.733. The lowest BCUT2D eigenvalue weighted by Gasteiger charge is -2.15. The van der Waals surface area contributed by atoms with Gasteiger partial charge in [0, 0.05) is 12.1 Å². The largest absolute Gasteiger partial charge is 0.349 e. The van der Waals surface area contributed by atoms with Crippen molar-refractivity contribution in [2.24, 2.45) is 0 Å². The van der Waals surface area contributed by atoms with E-state index in [2.05, 4.69) is 21.2 Å². The highest BCUT2D eigenvalue weighted by Crippen LogP contribution is 2.19. The molecule has 6 heteroatoms. The van der Waals surface area contributed by atoms with Crippen LogP contribution in [0, 0.1) is 10.1 Å². The van der Waals surface area contributed by atoms with Crippen molar-refractivity contribution in [1.29, 1.82) is 0 Å². The molecule has 0 radical (unpaired) electrons. The van der Waals surface area contributed by atoms with Crippen molar-refractivity contribution < 1.29 is 9.72 Å². The molecular formula is C11H13BrN2O3. The molecule has 0 bridgehead atoms. The summed E-state index contributed by atoms with van der Waals surface area (Å²) in [4.78, 5) is 21.3. The van der Waals surface area contributed by atoms with Gasteiger partial charge in [-0.3, -0.25) is 14.9 Å². The topological polar surface area (TPSA) is 72.2 Å². The lowest BCUT2D eigenvalue weighted by molar-refractivity contribution is -0.384. The lowest BCUT2D eigenvalue weighted by Crippen LogP contribution is -2.31. The minimum atomic E-state index is -0.453. The summed E-state index contributed by atoms with van der Waals surface area (Å²) in [5, 5.41) is 13.4. The Kier molecular flexibility index (Phi) is 4.62. The SMILES string of the molecule is CC(Br)C(=O)NC(C)c1cccc([N+](=O)[O-])c1. The van der Waals surface area contributed by atoms with Gasteiger partial charge in [0.25, 0.3) is 5.69 Å². The number of rotatable bonds is 4. The second-order valence-electron chi connectivity index (χ2n) is 3.70. The average molecular weight is 301 g/mol. The molecule has 5 nitrogen and oxygen atoms in total. The van der Waals surface area contributed by atoms with E-state index in [9.17, 15) is 14.9 Å². The maximum Gasteiger partial charge on any atom is 0.269 e. The van der Waals surface area contributed by atoms with E-state index in [4.69, 9.17) is 0 Å². The van der Waals surface area contributed by atoms with E-state index in [0.717, 1.165) is 0 Å². The number of nitrogens with one attached hydrogen (secondary N) is 1. The third-order valence-electron chi connectivity index (χ3n) is 2.30. The third-order valence-corrected chi connectivity index (χ3v) is 2.72. The Balaban J connectivity index is 2.82. The van der Waals surface area contributed by atoms with Crippen molar-refractivity contribution in [2.45, 2.75) is 24.7 Å². The van der Waals surface area contributed by atoms with Gasteiger partial charge < -0.3 is 5.32 Å². The van der Waals surface area contributed by atoms with Crippen molar-refractivity contribution in [2.75, 3.05) is 0 Å². The van der Waals surface area contributed by atoms with Crippen LogP contribution in [0.4, 0.5) is 5.69 Å². The molecule has 0 saturated carbocycles. The lowest BCUT2D eigenvalue weighted by atomic mass is 10.1. The maximum absolute atomic E-state index is 11.5. The van der Waals surface area contributed by atoms with Gasteiger partial charge in [0.15, 0.2) is 0 Å². The van der Waals surface area contributed by atoms with Gasteiger partial charge in [-0.05, 0) is 19.4 Å². The molecule has 1 aromatic carbocycles. The number of hydrogen-bond donors (Lipinski definition) is 1. The highest BCUT2D eigenvalue weighted by Gasteiger charge is 2.15. The van der Waals surface area contributed by atoms with Crippen LogP contribution in [0.25, 0.3) is 0 Å². The van der Waals surface area contributed by atoms with Crippen LogP contribution in [0.15, 0.2) is 24.3 Å². The Morgan fingerprint density at radius 1 is 1.47 bits per heavy atom. The molecule has 0 fully saturated rings. The number of amides is 1. The fourth-order valence-electron chi connectivity index (χ4n) is 1.32. The number of nitro benzene ring substituents is 1. The predicted molar refractivity (Wildman–Crippen MR) is 68.0 cm³/mol. The molecule has 2 unspecified atom stereocenters. The second-order valence-corrected chi connectivity index (χ2v) is 5.07. The van der Waals surface area contributed by atoms with Gasteiger partial charge in [0.2, 0.25) is 5.91 Å². The van der Waals surface area contributed by atoms with Crippen molar-refractivity contribution in [3.8, 4) is 0 Å². The molecule has 1 aromatic rings. The molecule has 1 N–H and O–H groups in total. The third kappa shape index (κ3) is 3.81. The van der Waals surface area contributed by atoms with Crippen LogP contribution in [0.2, 0.25) is 0 Å². The van der Waals surface area contributed by atoms with Crippen molar-refractivity contribution in [3.63, 3.8) is 0 Å². The van der Waals surface area contributed by atoms with Crippen LogP contribution in [0.3, 0.4) is 0 Å². The zero-order valence-corrected chi connectivity index (χ0v) is 11.1. The molecule has 1 rings (SSSR count). The summed E-state index contributed by atoms with van der Waals surface area (Å²) in [7, 11) is 0. The summed E-state index contributed by atoms with van der Waals surface area (Å²) < 4.78 is 0. The van der Waals surface area contributed by atoms with Crippen LogP contribution in [-0.4, -0.2) is 15.7 Å². The molecule has 0 aliphatic heterocycles. The summed E-state index contributed by atoms with van der Waals surface area (Å²) in [6.07, 6.45) is 0. The van der Waals surface area contributed by atoms with E-state index in [1.54, 1.807) is 26.0 Å². The zero-order chi connectivity index (χ0) is 13.0. The smallest absolute Gasteiger partial charge is 0.269 e. The predicted octanol–water partition coefficient (Wildman–Crippen LogP) is 2.56. The number of hydrogen-bond acceptors (Lipinski definition) is 3. The highest BCUT2D eigenvalue weighted by molar-refractivity contribution is 9.10. The number of carbonyl (C=O) groups is 1. The molecule has 0 aliphatic carbocycles. The van der Waals surface area contributed by atoms with Gasteiger partial charge in [-0.25, -0.2) is 0 Å². The number of nitrogens with zero attached hydrogens (tertiary/aromatic N) is 1. The van der Waals surface area contributed by atoms with Crippen molar-refractivity contribution >= 4 is 27.5 Å². The van der Waals surface area contributed by atoms with Crippen LogP contribution >= 0.6 is 15.9 Å². The average Bonchev–Trinajstić information content (AvgIpc) is 2.28. The van der Waals surface area contributed by atoms with Crippen LogP contribution in [0.5, 0.6) is 0 Å². The molecular weight excluding hydrogens is 288 g/mol. The summed E-state index contributed by atoms with van der Waals surface area (Å²) in [6.45, 7) is 3.50. The molecule has 0 spiro atoms. The quantitative estimate of drug-likeness (QED) is 0.528. The van der Waals surface area contributed by atoms with E-state index in [-0.39, 0.29) is 22.5 Å². The standard InChI is InChI=1S/C11H13BrN2O3/c1-7(12)11(15)13-8(2)9-4-3-5-10(6-9)14(16)17/h3-8H,1-2H3,(H,13,15). The van der Waals surface area contributed by atoms with E-state index in [1.807, 2.05) is 0 Å². The molecule has 1 amide bonds. The first kappa shape index (κ1) is 13.6. The number of carbonyl (C=O) groups excluding carboxylic acids is 1. The van der Waals surface area contributed by atoms with Gasteiger partial charge in [-0.2, -0.15) is 0 Å². The van der Waals surface area contributed by atoms with Crippen molar-refractivity contribution in [3.05, 3.63) is 39.9 Å². The first-order valence-corrected chi connectivity index (χ1v) is 6.02. The van der Waals surface area contributed by atoms with E-state index in [0.29, 0.717) is 5.56 Å². The van der Waals surface area contributed by atoms with Crippen LogP contribution in [-0.2, 0) is 4.79 Å². The Labute approximate surface area is 107 Å². The van der Waals surface area contributed by atoms with Crippen LogP contribution in [0.1, 0.15) is 25.5 Å². The highest BCUT2D eigenvalue weighted by atomic mass is 79.9. The maximum atomic E-state index is 11.5. The van der Waals surface area contributed by atoms with E-state index < -0.39 is 4.92 Å². The van der Waals surface area contributed by atoms with Crippen LogP contribution < -0.4 is 5.32 Å². The molecule has 0 aromatic heterocycles. The van der Waals surface area contributed by atoms with Gasteiger partial charge in [0.05, 0.1) is 15.8 Å². The fourth-order valence-corrected chi connectivity index (χ4v) is 1.45.